The van der Waals surface area contributed by atoms with E-state index in [4.69, 9.17) is 0 Å². The summed E-state index contributed by atoms with van der Waals surface area (Å²) in [5.41, 5.74) is 2.19. The molecule has 1 aromatic carbocycles. The van der Waals surface area contributed by atoms with Crippen molar-refractivity contribution in [2.75, 3.05) is 26.2 Å². The lowest BCUT2D eigenvalue weighted by atomic mass is 10.2. The minimum atomic E-state index is 0.130. The van der Waals surface area contributed by atoms with Crippen LogP contribution in [0.4, 0.5) is 0 Å². The maximum atomic E-state index is 12.4. The van der Waals surface area contributed by atoms with Gasteiger partial charge >= 0.3 is 0 Å². The number of carbonyl (C=O) groups excluding carboxylic acids is 1. The van der Waals surface area contributed by atoms with Crippen LogP contribution in [0, 0.1) is 6.92 Å². The average Bonchev–Trinajstić information content (AvgIpc) is 2.88. The molecule has 0 aliphatic carbocycles. The van der Waals surface area contributed by atoms with Gasteiger partial charge in [-0.1, -0.05) is 34.1 Å². The minimum Gasteiger partial charge on any atom is -0.339 e. The van der Waals surface area contributed by atoms with E-state index in [1.807, 2.05) is 24.1 Å². The molecule has 1 aliphatic rings. The Balaban J connectivity index is 1.51. The summed E-state index contributed by atoms with van der Waals surface area (Å²) in [5, 5.41) is 4.33. The van der Waals surface area contributed by atoms with Gasteiger partial charge in [-0.05, 0) is 34.5 Å². The molecule has 3 rings (SSSR count). The van der Waals surface area contributed by atoms with Crippen LogP contribution in [-0.2, 0) is 17.9 Å². The van der Waals surface area contributed by atoms with Gasteiger partial charge in [0.05, 0.1) is 10.2 Å². The van der Waals surface area contributed by atoms with Crippen molar-refractivity contribution in [1.29, 1.82) is 0 Å². The van der Waals surface area contributed by atoms with E-state index in [-0.39, 0.29) is 5.91 Å². The number of amides is 1. The Labute approximate surface area is 158 Å². The van der Waals surface area contributed by atoms with Crippen LogP contribution in [0.25, 0.3) is 0 Å². The highest BCUT2D eigenvalue weighted by Crippen LogP contribution is 2.19. The fourth-order valence-corrected chi connectivity index (χ4v) is 3.56. The highest BCUT2D eigenvalue weighted by molar-refractivity contribution is 9.10. The number of nitrogens with zero attached hydrogens (tertiary/aromatic N) is 4. The molecule has 1 aromatic heterocycles. The highest BCUT2D eigenvalue weighted by atomic mass is 79.9. The van der Waals surface area contributed by atoms with E-state index in [2.05, 4.69) is 60.1 Å². The van der Waals surface area contributed by atoms with Gasteiger partial charge < -0.3 is 4.90 Å². The van der Waals surface area contributed by atoms with E-state index in [0.29, 0.717) is 6.54 Å². The summed E-state index contributed by atoms with van der Waals surface area (Å²) < 4.78 is 3.78. The zero-order valence-corrected chi connectivity index (χ0v) is 16.8. The van der Waals surface area contributed by atoms with E-state index in [1.165, 1.54) is 5.56 Å². The lowest BCUT2D eigenvalue weighted by Gasteiger charge is -2.35. The largest absolute Gasteiger partial charge is 0.339 e. The molecule has 0 spiro atoms. The Morgan fingerprint density at radius 3 is 2.46 bits per heavy atom. The first-order valence-corrected chi connectivity index (χ1v) is 9.54. The predicted molar refractivity (Wildman–Crippen MR) is 101 cm³/mol. The van der Waals surface area contributed by atoms with Gasteiger partial charge in [0.2, 0.25) is 5.91 Å². The van der Waals surface area contributed by atoms with Crippen LogP contribution in [0.3, 0.4) is 0 Å². The van der Waals surface area contributed by atoms with Crippen molar-refractivity contribution in [2.45, 2.75) is 20.0 Å². The van der Waals surface area contributed by atoms with Gasteiger partial charge in [-0.25, -0.2) is 0 Å². The van der Waals surface area contributed by atoms with Crippen LogP contribution in [0.15, 0.2) is 39.4 Å². The summed E-state index contributed by atoms with van der Waals surface area (Å²) in [7, 11) is 0. The van der Waals surface area contributed by atoms with E-state index >= 15 is 0 Å². The Morgan fingerprint density at radius 1 is 1.12 bits per heavy atom. The number of aromatic nitrogens is 2. The third-order valence-electron chi connectivity index (χ3n) is 4.26. The van der Waals surface area contributed by atoms with Gasteiger partial charge in [-0.3, -0.25) is 14.4 Å². The summed E-state index contributed by atoms with van der Waals surface area (Å²) in [5.74, 6) is 0.130. The summed E-state index contributed by atoms with van der Waals surface area (Å²) in [6, 6.07) is 8.29. The summed E-state index contributed by atoms with van der Waals surface area (Å²) in [6.45, 7) is 6.47. The molecule has 1 aliphatic heterocycles. The summed E-state index contributed by atoms with van der Waals surface area (Å²) >= 11 is 7.03. The summed E-state index contributed by atoms with van der Waals surface area (Å²) in [6.07, 6.45) is 1.86. The molecule has 2 heterocycles. The molecule has 5 nitrogen and oxygen atoms in total. The minimum absolute atomic E-state index is 0.130. The Bertz CT molecular complexity index is 704. The molecule has 1 fully saturated rings. The topological polar surface area (TPSA) is 41.4 Å². The Kier molecular flexibility index (Phi) is 5.73. The molecule has 0 radical (unpaired) electrons. The Hall–Kier alpha value is -1.18. The van der Waals surface area contributed by atoms with Crippen LogP contribution in [0.1, 0.15) is 11.3 Å². The van der Waals surface area contributed by atoms with Crippen molar-refractivity contribution in [1.82, 2.24) is 19.6 Å². The van der Waals surface area contributed by atoms with Crippen molar-refractivity contribution in [3.63, 3.8) is 0 Å². The fraction of sp³-hybridized carbons (Fsp3) is 0.412. The number of hydrogen-bond acceptors (Lipinski definition) is 3. The monoisotopic (exact) mass is 454 g/mol. The van der Waals surface area contributed by atoms with E-state index in [9.17, 15) is 4.79 Å². The fourth-order valence-electron chi connectivity index (χ4n) is 2.84. The second kappa shape index (κ2) is 7.80. The van der Waals surface area contributed by atoms with Gasteiger partial charge in [0.25, 0.3) is 0 Å². The molecule has 0 unspecified atom stereocenters. The quantitative estimate of drug-likeness (QED) is 0.711. The Morgan fingerprint density at radius 2 is 1.83 bits per heavy atom. The van der Waals surface area contributed by atoms with E-state index in [0.717, 1.165) is 47.4 Å². The molecule has 2 aromatic rings. The molecule has 1 amide bonds. The number of aryl methyl sites for hydroxylation is 1. The maximum absolute atomic E-state index is 12.4. The molecule has 0 atom stereocenters. The van der Waals surface area contributed by atoms with Gasteiger partial charge in [0, 0.05) is 43.4 Å². The van der Waals surface area contributed by atoms with Crippen molar-refractivity contribution < 1.29 is 4.79 Å². The first-order chi connectivity index (χ1) is 11.5. The van der Waals surface area contributed by atoms with Crippen LogP contribution in [0.5, 0.6) is 0 Å². The number of rotatable bonds is 4. The van der Waals surface area contributed by atoms with Crippen LogP contribution < -0.4 is 0 Å². The van der Waals surface area contributed by atoms with Crippen molar-refractivity contribution >= 4 is 37.8 Å². The molecule has 1 saturated heterocycles. The zero-order chi connectivity index (χ0) is 17.1. The number of hydrogen-bond donors (Lipinski definition) is 0. The third-order valence-corrected chi connectivity index (χ3v) is 5.81. The van der Waals surface area contributed by atoms with Crippen molar-refractivity contribution in [2.24, 2.45) is 0 Å². The van der Waals surface area contributed by atoms with E-state index < -0.39 is 0 Å². The zero-order valence-electron chi connectivity index (χ0n) is 13.6. The second-order valence-corrected chi connectivity index (χ2v) is 7.72. The van der Waals surface area contributed by atoms with Crippen molar-refractivity contribution in [3.05, 3.63) is 50.7 Å². The average molecular weight is 456 g/mol. The second-order valence-electron chi connectivity index (χ2n) is 6.01. The number of benzene rings is 1. The van der Waals surface area contributed by atoms with Crippen molar-refractivity contribution in [3.8, 4) is 0 Å². The normalized spacial score (nSPS) is 15.7. The lowest BCUT2D eigenvalue weighted by molar-refractivity contribution is -0.133. The number of halogens is 2. The molecule has 0 N–H and O–H groups in total. The van der Waals surface area contributed by atoms with Gasteiger partial charge in [-0.15, -0.1) is 0 Å². The number of piperazine rings is 1. The maximum Gasteiger partial charge on any atom is 0.244 e. The molecule has 0 saturated carbocycles. The lowest BCUT2D eigenvalue weighted by Crippen LogP contribution is -2.49. The van der Waals surface area contributed by atoms with Crippen LogP contribution >= 0.6 is 31.9 Å². The number of carbonyl (C=O) groups is 1. The predicted octanol–water partition coefficient (Wildman–Crippen LogP) is 3.06. The van der Waals surface area contributed by atoms with Crippen LogP contribution in [-0.4, -0.2) is 51.7 Å². The van der Waals surface area contributed by atoms with Crippen LogP contribution in [0.2, 0.25) is 0 Å². The third kappa shape index (κ3) is 4.26. The van der Waals surface area contributed by atoms with E-state index in [1.54, 1.807) is 4.68 Å². The SMILES string of the molecule is Cc1nn(CC(=O)N2CCN(Cc3ccccc3Br)CC2)cc1Br. The van der Waals surface area contributed by atoms with Gasteiger partial charge in [0.1, 0.15) is 6.54 Å². The summed E-state index contributed by atoms with van der Waals surface area (Å²) in [4.78, 5) is 16.8. The van der Waals surface area contributed by atoms with Gasteiger partial charge in [-0.2, -0.15) is 5.10 Å². The molecule has 24 heavy (non-hydrogen) atoms. The highest BCUT2D eigenvalue weighted by Gasteiger charge is 2.22. The smallest absolute Gasteiger partial charge is 0.244 e. The molecule has 128 valence electrons. The molecular weight excluding hydrogens is 436 g/mol. The first-order valence-electron chi connectivity index (χ1n) is 7.96. The standard InChI is InChI=1S/C17H20Br2N4O/c1-13-16(19)11-23(20-13)12-17(24)22-8-6-21(7-9-22)10-14-4-2-3-5-15(14)18/h2-5,11H,6-10,12H2,1H3. The first kappa shape index (κ1) is 17.6. The molecule has 0 bridgehead atoms. The van der Waals surface area contributed by atoms with Gasteiger partial charge in [0.15, 0.2) is 0 Å². The molecular formula is C17H20Br2N4O. The molecule has 7 heteroatoms.